The summed E-state index contributed by atoms with van der Waals surface area (Å²) in [4.78, 5) is 23.8. The predicted molar refractivity (Wildman–Crippen MR) is 107 cm³/mol. The van der Waals surface area contributed by atoms with Gasteiger partial charge in [-0.3, -0.25) is 14.8 Å². The third kappa shape index (κ3) is 3.88. The first-order chi connectivity index (χ1) is 13.7. The number of methoxy groups -OCH3 is 1. The van der Waals surface area contributed by atoms with Gasteiger partial charge in [0, 0.05) is 31.1 Å². The van der Waals surface area contributed by atoms with Gasteiger partial charge in [0.25, 0.3) is 5.91 Å². The maximum absolute atomic E-state index is 12.9. The monoisotopic (exact) mass is 373 g/mol. The summed E-state index contributed by atoms with van der Waals surface area (Å²) in [5, 5.41) is 0. The first kappa shape index (κ1) is 18.2. The standard InChI is InChI=1S/C23H23N3O2/c1-28-20-9-2-6-17(15-20)14-19-8-3-10-21(25-19)22-11-5-13-26(22)23(27)18-7-4-12-24-16-18/h2-4,6-10,12,15-16,22H,5,11,13-14H2,1H3/t22-/m0/s1. The van der Waals surface area contributed by atoms with Crippen molar-refractivity contribution >= 4 is 5.91 Å². The van der Waals surface area contributed by atoms with Gasteiger partial charge >= 0.3 is 0 Å². The van der Waals surface area contributed by atoms with Crippen molar-refractivity contribution < 1.29 is 9.53 Å². The summed E-state index contributed by atoms with van der Waals surface area (Å²) in [7, 11) is 1.67. The van der Waals surface area contributed by atoms with Gasteiger partial charge in [-0.15, -0.1) is 0 Å². The minimum atomic E-state index is 0.0120. The lowest BCUT2D eigenvalue weighted by molar-refractivity contribution is 0.0732. The van der Waals surface area contributed by atoms with Crippen molar-refractivity contribution in [3.05, 3.63) is 89.5 Å². The van der Waals surface area contributed by atoms with Gasteiger partial charge in [0.05, 0.1) is 24.4 Å². The van der Waals surface area contributed by atoms with Crippen LogP contribution < -0.4 is 4.74 Å². The summed E-state index contributed by atoms with van der Waals surface area (Å²) >= 11 is 0. The average Bonchev–Trinajstić information content (AvgIpc) is 3.24. The third-order valence-electron chi connectivity index (χ3n) is 5.11. The Kier molecular flexibility index (Phi) is 5.33. The molecular formula is C23H23N3O2. The number of aromatic nitrogens is 2. The number of ether oxygens (including phenoxy) is 1. The van der Waals surface area contributed by atoms with E-state index in [-0.39, 0.29) is 11.9 Å². The number of carbonyl (C=O) groups is 1. The zero-order chi connectivity index (χ0) is 19.3. The Morgan fingerprint density at radius 3 is 2.89 bits per heavy atom. The molecule has 4 rings (SSSR count). The van der Waals surface area contributed by atoms with Crippen LogP contribution in [-0.2, 0) is 6.42 Å². The second-order valence-corrected chi connectivity index (χ2v) is 6.98. The fourth-order valence-corrected chi connectivity index (χ4v) is 3.75. The molecule has 1 fully saturated rings. The highest BCUT2D eigenvalue weighted by molar-refractivity contribution is 5.94. The first-order valence-electron chi connectivity index (χ1n) is 9.54. The van der Waals surface area contributed by atoms with E-state index >= 15 is 0 Å². The molecule has 3 aromatic rings. The van der Waals surface area contributed by atoms with Crippen molar-refractivity contribution in [1.29, 1.82) is 0 Å². The van der Waals surface area contributed by atoms with Gasteiger partial charge in [-0.05, 0) is 54.8 Å². The van der Waals surface area contributed by atoms with Crippen molar-refractivity contribution in [1.82, 2.24) is 14.9 Å². The summed E-state index contributed by atoms with van der Waals surface area (Å²) in [6.45, 7) is 0.750. The smallest absolute Gasteiger partial charge is 0.255 e. The largest absolute Gasteiger partial charge is 0.497 e. The van der Waals surface area contributed by atoms with Crippen molar-refractivity contribution in [3.8, 4) is 5.75 Å². The Hall–Kier alpha value is -3.21. The topological polar surface area (TPSA) is 55.3 Å². The number of benzene rings is 1. The minimum Gasteiger partial charge on any atom is -0.497 e. The molecule has 0 N–H and O–H groups in total. The number of hydrogen-bond donors (Lipinski definition) is 0. The van der Waals surface area contributed by atoms with Crippen molar-refractivity contribution in [3.63, 3.8) is 0 Å². The van der Waals surface area contributed by atoms with E-state index < -0.39 is 0 Å². The van der Waals surface area contributed by atoms with Gasteiger partial charge in [-0.25, -0.2) is 0 Å². The van der Waals surface area contributed by atoms with Gasteiger partial charge in [0.15, 0.2) is 0 Å². The van der Waals surface area contributed by atoms with E-state index in [0.29, 0.717) is 5.56 Å². The van der Waals surface area contributed by atoms with Crippen LogP contribution in [0.2, 0.25) is 0 Å². The van der Waals surface area contributed by atoms with Gasteiger partial charge in [-0.1, -0.05) is 18.2 Å². The third-order valence-corrected chi connectivity index (χ3v) is 5.11. The zero-order valence-electron chi connectivity index (χ0n) is 15.9. The van der Waals surface area contributed by atoms with E-state index in [9.17, 15) is 4.79 Å². The molecule has 3 heterocycles. The van der Waals surface area contributed by atoms with Crippen LogP contribution in [0, 0.1) is 0 Å². The van der Waals surface area contributed by atoms with E-state index in [1.807, 2.05) is 47.4 Å². The Morgan fingerprint density at radius 1 is 1.18 bits per heavy atom. The van der Waals surface area contributed by atoms with Gasteiger partial charge in [-0.2, -0.15) is 0 Å². The second-order valence-electron chi connectivity index (χ2n) is 6.98. The molecule has 1 atom stereocenters. The number of hydrogen-bond acceptors (Lipinski definition) is 4. The molecule has 0 saturated carbocycles. The molecule has 0 bridgehead atoms. The molecule has 0 aliphatic carbocycles. The maximum Gasteiger partial charge on any atom is 0.255 e. The Bertz CT molecular complexity index is 959. The van der Waals surface area contributed by atoms with Crippen molar-refractivity contribution in [2.45, 2.75) is 25.3 Å². The van der Waals surface area contributed by atoms with Crippen LogP contribution >= 0.6 is 0 Å². The molecule has 0 spiro atoms. The number of pyridine rings is 2. The Balaban J connectivity index is 1.55. The van der Waals surface area contributed by atoms with Gasteiger partial charge < -0.3 is 9.64 Å². The summed E-state index contributed by atoms with van der Waals surface area (Å²) in [6.07, 6.45) is 5.96. The lowest BCUT2D eigenvalue weighted by atomic mass is 10.1. The predicted octanol–water partition coefficient (Wildman–Crippen LogP) is 4.05. The molecule has 0 radical (unpaired) electrons. The van der Waals surface area contributed by atoms with E-state index in [1.54, 1.807) is 25.6 Å². The lowest BCUT2D eigenvalue weighted by Gasteiger charge is -2.24. The van der Waals surface area contributed by atoms with Crippen molar-refractivity contribution in [2.24, 2.45) is 0 Å². The highest BCUT2D eigenvalue weighted by Gasteiger charge is 2.31. The molecule has 0 unspecified atom stereocenters. The normalized spacial score (nSPS) is 16.2. The van der Waals surface area contributed by atoms with Crippen LogP contribution in [0.5, 0.6) is 5.75 Å². The highest BCUT2D eigenvalue weighted by atomic mass is 16.5. The van der Waals surface area contributed by atoms with Crippen LogP contribution in [0.25, 0.3) is 0 Å². The molecule has 142 valence electrons. The maximum atomic E-state index is 12.9. The molecule has 5 heteroatoms. The number of nitrogens with zero attached hydrogens (tertiary/aromatic N) is 3. The van der Waals surface area contributed by atoms with Crippen LogP contribution in [0.15, 0.2) is 67.0 Å². The Labute approximate surface area is 165 Å². The van der Waals surface area contributed by atoms with Crippen LogP contribution in [0.1, 0.15) is 46.2 Å². The molecule has 1 aliphatic rings. The number of rotatable bonds is 5. The fraction of sp³-hybridized carbons (Fsp3) is 0.261. The van der Waals surface area contributed by atoms with Gasteiger partial charge in [0.2, 0.25) is 0 Å². The molecule has 1 saturated heterocycles. The van der Waals surface area contributed by atoms with Crippen LogP contribution in [0.4, 0.5) is 0 Å². The van der Waals surface area contributed by atoms with Crippen LogP contribution in [-0.4, -0.2) is 34.4 Å². The van der Waals surface area contributed by atoms with E-state index in [2.05, 4.69) is 11.1 Å². The summed E-state index contributed by atoms with van der Waals surface area (Å²) in [6, 6.07) is 17.7. The number of carbonyl (C=O) groups excluding carboxylic acids is 1. The second kappa shape index (κ2) is 8.21. The van der Waals surface area contributed by atoms with E-state index in [1.165, 1.54) is 0 Å². The molecule has 2 aromatic heterocycles. The van der Waals surface area contributed by atoms with Crippen molar-refractivity contribution in [2.75, 3.05) is 13.7 Å². The fourth-order valence-electron chi connectivity index (χ4n) is 3.75. The SMILES string of the molecule is COc1cccc(Cc2cccc([C@@H]3CCCN3C(=O)c3cccnc3)n2)c1. The van der Waals surface area contributed by atoms with Crippen LogP contribution in [0.3, 0.4) is 0 Å². The molecule has 1 aromatic carbocycles. The highest BCUT2D eigenvalue weighted by Crippen LogP contribution is 2.32. The zero-order valence-corrected chi connectivity index (χ0v) is 15.9. The molecular weight excluding hydrogens is 350 g/mol. The number of likely N-dealkylation sites (tertiary alicyclic amines) is 1. The summed E-state index contributed by atoms with van der Waals surface area (Å²) in [5.74, 6) is 0.869. The molecule has 28 heavy (non-hydrogen) atoms. The lowest BCUT2D eigenvalue weighted by Crippen LogP contribution is -2.31. The molecule has 5 nitrogen and oxygen atoms in total. The quantitative estimate of drug-likeness (QED) is 0.677. The molecule has 1 amide bonds. The van der Waals surface area contributed by atoms with E-state index in [0.717, 1.165) is 48.5 Å². The van der Waals surface area contributed by atoms with Gasteiger partial charge in [0.1, 0.15) is 5.75 Å². The first-order valence-corrected chi connectivity index (χ1v) is 9.54. The summed E-state index contributed by atoms with van der Waals surface area (Å²) in [5.41, 5.74) is 3.72. The summed E-state index contributed by atoms with van der Waals surface area (Å²) < 4.78 is 5.31. The molecule has 1 aliphatic heterocycles. The van der Waals surface area contributed by atoms with E-state index in [4.69, 9.17) is 9.72 Å². The number of amides is 1. The minimum absolute atomic E-state index is 0.0120. The average molecular weight is 373 g/mol. The Morgan fingerprint density at radius 2 is 2.07 bits per heavy atom.